The maximum absolute atomic E-state index is 3.78. The summed E-state index contributed by atoms with van der Waals surface area (Å²) in [5, 5.41) is 0. The van der Waals surface area contributed by atoms with Crippen molar-refractivity contribution in [1.82, 2.24) is 9.97 Å². The molecule has 0 saturated heterocycles. The number of pyridine rings is 1. The van der Waals surface area contributed by atoms with Gasteiger partial charge in [0, 0.05) is 24.3 Å². The zero-order valence-electron chi connectivity index (χ0n) is 15.3. The van der Waals surface area contributed by atoms with Gasteiger partial charge in [0.15, 0.2) is 0 Å². The molecule has 0 spiro atoms. The molecule has 0 atom stereocenters. The van der Waals surface area contributed by atoms with Gasteiger partial charge in [-0.2, -0.15) is 0 Å². The molecular formula is C21H35ClN2. The van der Waals surface area contributed by atoms with E-state index < -0.39 is 0 Å². The van der Waals surface area contributed by atoms with Gasteiger partial charge in [-0.3, -0.25) is 4.98 Å². The summed E-state index contributed by atoms with van der Waals surface area (Å²) in [6.07, 6.45) is 20.9. The van der Waals surface area contributed by atoms with Crippen LogP contribution < -0.4 is 0 Å². The first-order valence-electron chi connectivity index (χ1n) is 9.40. The maximum Gasteiger partial charge on any atom is 0.0267 e. The van der Waals surface area contributed by atoms with Crippen LogP contribution >= 0.6 is 12.4 Å². The summed E-state index contributed by atoms with van der Waals surface area (Å²) in [6.45, 7) is 2.28. The summed E-state index contributed by atoms with van der Waals surface area (Å²) in [7, 11) is 0. The Kier molecular flexibility index (Phi) is 17.1. The average molecular weight is 351 g/mol. The topological polar surface area (TPSA) is 28.7 Å². The van der Waals surface area contributed by atoms with E-state index in [0.717, 1.165) is 0 Å². The molecule has 0 amide bonds. The van der Waals surface area contributed by atoms with Crippen molar-refractivity contribution in [1.29, 1.82) is 0 Å². The number of nitrogens with zero attached hydrogens (tertiary/aromatic N) is 1. The van der Waals surface area contributed by atoms with E-state index in [1.807, 2.05) is 24.4 Å². The summed E-state index contributed by atoms with van der Waals surface area (Å²) >= 11 is 0. The number of H-pyrrole nitrogens is 1. The van der Waals surface area contributed by atoms with Gasteiger partial charge in [0.05, 0.1) is 0 Å². The van der Waals surface area contributed by atoms with Gasteiger partial charge in [0.25, 0.3) is 0 Å². The van der Waals surface area contributed by atoms with E-state index in [-0.39, 0.29) is 12.4 Å². The molecule has 0 aliphatic heterocycles. The highest BCUT2D eigenvalue weighted by atomic mass is 35.5. The smallest absolute Gasteiger partial charge is 0.0267 e. The first kappa shape index (κ1) is 22.7. The molecule has 2 aromatic heterocycles. The monoisotopic (exact) mass is 350 g/mol. The standard InChI is InChI=1S/C16H29N.C5H5N.ClH/c1-2-3-4-5-6-7-8-9-10-11-13-16-14-12-15-17-16;1-2-4-6-5-3-1;/h12,14-15,17H,2-11,13H2,1H3;1-5H;1H. The molecular weight excluding hydrogens is 316 g/mol. The van der Waals surface area contributed by atoms with Gasteiger partial charge >= 0.3 is 0 Å². The Morgan fingerprint density at radius 2 is 1.33 bits per heavy atom. The van der Waals surface area contributed by atoms with Crippen LogP contribution in [0.1, 0.15) is 76.8 Å². The molecule has 0 aliphatic rings. The Morgan fingerprint density at radius 1 is 0.750 bits per heavy atom. The Labute approximate surface area is 154 Å². The van der Waals surface area contributed by atoms with Gasteiger partial charge in [0.1, 0.15) is 0 Å². The molecule has 0 bridgehead atoms. The molecule has 24 heavy (non-hydrogen) atoms. The lowest BCUT2D eigenvalue weighted by Gasteiger charge is -2.02. The quantitative estimate of drug-likeness (QED) is 0.435. The number of rotatable bonds is 11. The molecule has 2 nitrogen and oxygen atoms in total. The lowest BCUT2D eigenvalue weighted by atomic mass is 10.1. The highest BCUT2D eigenvalue weighted by Gasteiger charge is 1.94. The van der Waals surface area contributed by atoms with Crippen LogP contribution in [-0.4, -0.2) is 9.97 Å². The molecule has 2 heterocycles. The van der Waals surface area contributed by atoms with Crippen LogP contribution in [-0.2, 0) is 6.42 Å². The molecule has 136 valence electrons. The maximum atomic E-state index is 3.78. The lowest BCUT2D eigenvalue weighted by molar-refractivity contribution is 0.555. The number of aromatic amines is 1. The van der Waals surface area contributed by atoms with E-state index in [1.54, 1.807) is 12.4 Å². The van der Waals surface area contributed by atoms with Gasteiger partial charge in [-0.1, -0.05) is 70.8 Å². The zero-order chi connectivity index (χ0) is 16.4. The highest BCUT2D eigenvalue weighted by Crippen LogP contribution is 2.11. The zero-order valence-corrected chi connectivity index (χ0v) is 16.1. The highest BCUT2D eigenvalue weighted by molar-refractivity contribution is 5.85. The third kappa shape index (κ3) is 14.3. The third-order valence-corrected chi connectivity index (χ3v) is 4.03. The fraction of sp³-hybridized carbons (Fsp3) is 0.571. The predicted octanol–water partition coefficient (Wildman–Crippen LogP) is 6.98. The van der Waals surface area contributed by atoms with Crippen molar-refractivity contribution in [2.24, 2.45) is 0 Å². The van der Waals surface area contributed by atoms with E-state index in [2.05, 4.69) is 29.0 Å². The van der Waals surface area contributed by atoms with Crippen molar-refractivity contribution in [2.75, 3.05) is 0 Å². The normalized spacial score (nSPS) is 9.71. The molecule has 2 aromatic rings. The second-order valence-electron chi connectivity index (χ2n) is 6.15. The van der Waals surface area contributed by atoms with Crippen molar-refractivity contribution < 1.29 is 0 Å². The second-order valence-corrected chi connectivity index (χ2v) is 6.15. The number of aromatic nitrogens is 2. The van der Waals surface area contributed by atoms with Crippen molar-refractivity contribution in [3.05, 3.63) is 54.6 Å². The number of halogens is 1. The molecule has 3 heteroatoms. The summed E-state index contributed by atoms with van der Waals surface area (Å²) in [5.41, 5.74) is 1.39. The van der Waals surface area contributed by atoms with Gasteiger partial charge in [-0.15, -0.1) is 12.4 Å². The fourth-order valence-electron chi connectivity index (χ4n) is 2.64. The third-order valence-electron chi connectivity index (χ3n) is 4.03. The molecule has 1 N–H and O–H groups in total. The Balaban J connectivity index is 0.000000635. The summed E-state index contributed by atoms with van der Waals surface area (Å²) < 4.78 is 0. The number of nitrogens with one attached hydrogen (secondary N) is 1. The van der Waals surface area contributed by atoms with Crippen molar-refractivity contribution in [2.45, 2.75) is 77.6 Å². The van der Waals surface area contributed by atoms with E-state index in [9.17, 15) is 0 Å². The molecule has 2 rings (SSSR count). The first-order chi connectivity index (χ1) is 11.4. The SMILES string of the molecule is CCCCCCCCCCCCc1ccc[nH]1.Cl.c1ccncc1. The van der Waals surface area contributed by atoms with E-state index in [1.165, 1.54) is 76.3 Å². The van der Waals surface area contributed by atoms with Crippen molar-refractivity contribution in [3.63, 3.8) is 0 Å². The molecule has 0 unspecified atom stereocenters. The Hall–Kier alpha value is -1.28. The Morgan fingerprint density at radius 3 is 1.75 bits per heavy atom. The van der Waals surface area contributed by atoms with Crippen LogP contribution in [0.4, 0.5) is 0 Å². The molecule has 0 aliphatic carbocycles. The molecule has 0 fully saturated rings. The molecule has 0 aromatic carbocycles. The minimum Gasteiger partial charge on any atom is -0.365 e. The van der Waals surface area contributed by atoms with E-state index in [0.29, 0.717) is 0 Å². The number of hydrogen-bond donors (Lipinski definition) is 1. The van der Waals surface area contributed by atoms with Crippen molar-refractivity contribution in [3.8, 4) is 0 Å². The average Bonchev–Trinajstić information content (AvgIpc) is 3.12. The van der Waals surface area contributed by atoms with Gasteiger partial charge in [-0.25, -0.2) is 0 Å². The number of unbranched alkanes of at least 4 members (excludes halogenated alkanes) is 9. The largest absolute Gasteiger partial charge is 0.365 e. The van der Waals surface area contributed by atoms with Crippen LogP contribution in [0.3, 0.4) is 0 Å². The van der Waals surface area contributed by atoms with Crippen LogP contribution in [0.15, 0.2) is 48.9 Å². The van der Waals surface area contributed by atoms with E-state index in [4.69, 9.17) is 0 Å². The van der Waals surface area contributed by atoms with Crippen LogP contribution in [0.25, 0.3) is 0 Å². The van der Waals surface area contributed by atoms with Gasteiger partial charge < -0.3 is 4.98 Å². The molecule has 0 radical (unpaired) electrons. The number of aryl methyl sites for hydroxylation is 1. The second kappa shape index (κ2) is 18.1. The Bertz CT molecular complexity index is 402. The molecule has 0 saturated carbocycles. The lowest BCUT2D eigenvalue weighted by Crippen LogP contribution is -1.86. The van der Waals surface area contributed by atoms with Gasteiger partial charge in [-0.05, 0) is 37.1 Å². The number of hydrogen-bond acceptors (Lipinski definition) is 1. The van der Waals surface area contributed by atoms with Crippen LogP contribution in [0, 0.1) is 0 Å². The van der Waals surface area contributed by atoms with Gasteiger partial charge in [0.2, 0.25) is 0 Å². The predicted molar refractivity (Wildman–Crippen MR) is 108 cm³/mol. The van der Waals surface area contributed by atoms with E-state index >= 15 is 0 Å². The summed E-state index contributed by atoms with van der Waals surface area (Å²) in [5.74, 6) is 0. The fourth-order valence-corrected chi connectivity index (χ4v) is 2.64. The van der Waals surface area contributed by atoms with Crippen LogP contribution in [0.2, 0.25) is 0 Å². The minimum atomic E-state index is 0. The first-order valence-corrected chi connectivity index (χ1v) is 9.40. The summed E-state index contributed by atoms with van der Waals surface area (Å²) in [4.78, 5) is 7.05. The summed E-state index contributed by atoms with van der Waals surface area (Å²) in [6, 6.07) is 9.99. The van der Waals surface area contributed by atoms with Crippen molar-refractivity contribution >= 4 is 12.4 Å². The van der Waals surface area contributed by atoms with Crippen LogP contribution in [0.5, 0.6) is 0 Å². The minimum absolute atomic E-state index is 0.